The van der Waals surface area contributed by atoms with Gasteiger partial charge >= 0.3 is 5.97 Å². The van der Waals surface area contributed by atoms with Crippen molar-refractivity contribution in [3.05, 3.63) is 107 Å². The molecule has 4 aromatic rings. The summed E-state index contributed by atoms with van der Waals surface area (Å²) in [5.74, 6) is 0.0671. The fourth-order valence-electron chi connectivity index (χ4n) is 3.47. The highest BCUT2D eigenvalue weighted by atomic mass is 32.1. The molecule has 0 aliphatic heterocycles. The summed E-state index contributed by atoms with van der Waals surface area (Å²) in [5, 5.41) is 5.60. The number of nitrogens with zero attached hydrogens (tertiary/aromatic N) is 1. The van der Waals surface area contributed by atoms with E-state index in [0.717, 1.165) is 21.9 Å². The minimum atomic E-state index is -0.513. The number of amides is 1. The Kier molecular flexibility index (Phi) is 7.67. The lowest BCUT2D eigenvalue weighted by atomic mass is 10.0. The number of esters is 1. The van der Waals surface area contributed by atoms with E-state index in [1.165, 1.54) is 11.3 Å². The molecule has 1 aromatic heterocycles. The third-order valence-corrected chi connectivity index (χ3v) is 6.11. The van der Waals surface area contributed by atoms with Crippen LogP contribution in [0.2, 0.25) is 0 Å². The van der Waals surface area contributed by atoms with E-state index in [1.54, 1.807) is 31.4 Å². The van der Waals surface area contributed by atoms with Crippen LogP contribution in [0.1, 0.15) is 34.1 Å². The molecule has 0 saturated heterocycles. The molecule has 4 rings (SSSR count). The summed E-state index contributed by atoms with van der Waals surface area (Å²) in [6.07, 6.45) is 0.00604. The molecule has 6 nitrogen and oxygen atoms in total. The van der Waals surface area contributed by atoms with Gasteiger partial charge in [0.05, 0.1) is 30.8 Å². The van der Waals surface area contributed by atoms with Crippen LogP contribution in [0.25, 0.3) is 10.6 Å². The summed E-state index contributed by atoms with van der Waals surface area (Å²) in [5.41, 5.74) is 2.91. The summed E-state index contributed by atoms with van der Waals surface area (Å²) < 4.78 is 10.9. The number of hydrogen-bond donors (Lipinski definition) is 1. The van der Waals surface area contributed by atoms with Gasteiger partial charge in [0.1, 0.15) is 17.4 Å². The largest absolute Gasteiger partial charge is 0.496 e. The highest BCUT2D eigenvalue weighted by molar-refractivity contribution is 7.13. The molecule has 172 valence electrons. The molecule has 34 heavy (non-hydrogen) atoms. The van der Waals surface area contributed by atoms with E-state index >= 15 is 0 Å². The van der Waals surface area contributed by atoms with Crippen LogP contribution in [0.3, 0.4) is 0 Å². The van der Waals surface area contributed by atoms with Crippen LogP contribution in [-0.4, -0.2) is 24.0 Å². The second-order valence-electron chi connectivity index (χ2n) is 7.51. The van der Waals surface area contributed by atoms with E-state index in [4.69, 9.17) is 9.47 Å². The van der Waals surface area contributed by atoms with Crippen molar-refractivity contribution in [2.75, 3.05) is 7.11 Å². The molecule has 1 amide bonds. The highest BCUT2D eigenvalue weighted by Gasteiger charge is 2.20. The fourth-order valence-corrected chi connectivity index (χ4v) is 4.30. The standard InChI is InChI=1S/C27H24N2O4S/c1-32-24-15-9-8-14-22(24)27-28-21(18-34-27)17-33-25(30)16-23(19-10-4-2-5-11-19)29-26(31)20-12-6-3-7-13-20/h2-15,18,23H,16-17H2,1H3,(H,29,31). The van der Waals surface area contributed by atoms with Gasteiger partial charge in [0, 0.05) is 10.9 Å². The van der Waals surface area contributed by atoms with Gasteiger partial charge in [0.2, 0.25) is 0 Å². The first kappa shape index (κ1) is 23.2. The number of rotatable bonds is 9. The normalized spacial score (nSPS) is 11.4. The average Bonchev–Trinajstić information content (AvgIpc) is 3.37. The molecule has 0 radical (unpaired) electrons. The molecular weight excluding hydrogens is 448 g/mol. The Morgan fingerprint density at radius 2 is 1.62 bits per heavy atom. The number of hydrogen-bond acceptors (Lipinski definition) is 6. The van der Waals surface area contributed by atoms with E-state index in [-0.39, 0.29) is 18.9 Å². The van der Waals surface area contributed by atoms with Crippen molar-refractivity contribution in [1.29, 1.82) is 0 Å². The Morgan fingerprint density at radius 1 is 0.941 bits per heavy atom. The Balaban J connectivity index is 1.40. The van der Waals surface area contributed by atoms with Gasteiger partial charge in [0.25, 0.3) is 5.91 Å². The van der Waals surface area contributed by atoms with Gasteiger partial charge in [-0.15, -0.1) is 11.3 Å². The number of para-hydroxylation sites is 1. The molecule has 0 spiro atoms. The first-order chi connectivity index (χ1) is 16.6. The minimum absolute atomic E-state index is 0.00604. The van der Waals surface area contributed by atoms with Crippen LogP contribution in [0, 0.1) is 0 Å². The summed E-state index contributed by atoms with van der Waals surface area (Å²) in [6, 6.07) is 25.4. The van der Waals surface area contributed by atoms with Crippen molar-refractivity contribution in [2.24, 2.45) is 0 Å². The van der Waals surface area contributed by atoms with Crippen molar-refractivity contribution in [2.45, 2.75) is 19.1 Å². The summed E-state index contributed by atoms with van der Waals surface area (Å²) in [4.78, 5) is 30.0. The van der Waals surface area contributed by atoms with Crippen LogP contribution < -0.4 is 10.1 Å². The molecular formula is C27H24N2O4S. The first-order valence-corrected chi connectivity index (χ1v) is 11.7. The van der Waals surface area contributed by atoms with E-state index in [1.807, 2.05) is 66.0 Å². The Labute approximate surface area is 202 Å². The fraction of sp³-hybridized carbons (Fsp3) is 0.148. The van der Waals surface area contributed by atoms with Crippen molar-refractivity contribution >= 4 is 23.2 Å². The molecule has 0 aliphatic rings. The lowest BCUT2D eigenvalue weighted by molar-refractivity contribution is -0.145. The predicted molar refractivity (Wildman–Crippen MR) is 132 cm³/mol. The minimum Gasteiger partial charge on any atom is -0.496 e. The zero-order valence-corrected chi connectivity index (χ0v) is 19.5. The van der Waals surface area contributed by atoms with Crippen molar-refractivity contribution in [3.63, 3.8) is 0 Å². The second-order valence-corrected chi connectivity index (χ2v) is 8.37. The summed E-state index contributed by atoms with van der Waals surface area (Å²) >= 11 is 1.46. The lowest BCUT2D eigenvalue weighted by Crippen LogP contribution is -2.30. The number of ether oxygens (including phenoxy) is 2. The number of thiazole rings is 1. The SMILES string of the molecule is COc1ccccc1-c1nc(COC(=O)CC(NC(=O)c2ccccc2)c2ccccc2)cs1. The van der Waals surface area contributed by atoms with Crippen molar-refractivity contribution < 1.29 is 19.1 Å². The summed E-state index contributed by atoms with van der Waals surface area (Å²) in [6.45, 7) is 0.0542. The first-order valence-electron chi connectivity index (χ1n) is 10.8. The highest BCUT2D eigenvalue weighted by Crippen LogP contribution is 2.32. The van der Waals surface area contributed by atoms with Gasteiger partial charge in [0.15, 0.2) is 0 Å². The van der Waals surface area contributed by atoms with E-state index in [2.05, 4.69) is 10.3 Å². The molecule has 1 unspecified atom stereocenters. The van der Waals surface area contributed by atoms with Crippen LogP contribution in [0.5, 0.6) is 5.75 Å². The van der Waals surface area contributed by atoms with Gasteiger partial charge in [-0.05, 0) is 29.8 Å². The molecule has 0 aliphatic carbocycles. The van der Waals surface area contributed by atoms with Gasteiger partial charge < -0.3 is 14.8 Å². The predicted octanol–water partition coefficient (Wildman–Crippen LogP) is 5.42. The second kappa shape index (κ2) is 11.2. The number of carbonyl (C=O) groups is 2. The topological polar surface area (TPSA) is 77.5 Å². The molecule has 0 bridgehead atoms. The maximum absolute atomic E-state index is 12.7. The van der Waals surface area contributed by atoms with Gasteiger partial charge in [-0.25, -0.2) is 4.98 Å². The molecule has 1 N–H and O–H groups in total. The van der Waals surface area contributed by atoms with Crippen LogP contribution >= 0.6 is 11.3 Å². The van der Waals surface area contributed by atoms with E-state index in [9.17, 15) is 9.59 Å². The van der Waals surface area contributed by atoms with Crippen LogP contribution in [0.15, 0.2) is 90.3 Å². The zero-order chi connectivity index (χ0) is 23.8. The molecule has 3 aromatic carbocycles. The van der Waals surface area contributed by atoms with Crippen LogP contribution in [-0.2, 0) is 16.1 Å². The van der Waals surface area contributed by atoms with Crippen LogP contribution in [0.4, 0.5) is 0 Å². The van der Waals surface area contributed by atoms with Crippen molar-refractivity contribution in [3.8, 4) is 16.3 Å². The molecule has 1 atom stereocenters. The maximum Gasteiger partial charge on any atom is 0.308 e. The Morgan fingerprint density at radius 3 is 2.35 bits per heavy atom. The number of carbonyl (C=O) groups excluding carboxylic acids is 2. The van der Waals surface area contributed by atoms with Gasteiger partial charge in [-0.3, -0.25) is 9.59 Å². The van der Waals surface area contributed by atoms with Crippen molar-refractivity contribution in [1.82, 2.24) is 10.3 Å². The molecule has 0 saturated carbocycles. The summed E-state index contributed by atoms with van der Waals surface area (Å²) in [7, 11) is 1.62. The molecule has 7 heteroatoms. The average molecular weight is 473 g/mol. The monoisotopic (exact) mass is 472 g/mol. The smallest absolute Gasteiger partial charge is 0.308 e. The lowest BCUT2D eigenvalue weighted by Gasteiger charge is -2.18. The number of aromatic nitrogens is 1. The number of benzene rings is 3. The Bertz CT molecular complexity index is 1240. The van der Waals surface area contributed by atoms with E-state index in [0.29, 0.717) is 11.3 Å². The number of nitrogens with one attached hydrogen (secondary N) is 1. The third-order valence-electron chi connectivity index (χ3n) is 5.18. The van der Waals surface area contributed by atoms with Gasteiger partial charge in [-0.1, -0.05) is 60.7 Å². The zero-order valence-electron chi connectivity index (χ0n) is 18.6. The third kappa shape index (κ3) is 5.88. The molecule has 1 heterocycles. The maximum atomic E-state index is 12.7. The Hall–Kier alpha value is -3.97. The van der Waals surface area contributed by atoms with E-state index < -0.39 is 12.0 Å². The number of methoxy groups -OCH3 is 1. The quantitative estimate of drug-likeness (QED) is 0.329. The molecule has 0 fully saturated rings. The van der Waals surface area contributed by atoms with Gasteiger partial charge in [-0.2, -0.15) is 0 Å².